The minimum atomic E-state index is -0.346. The van der Waals surface area contributed by atoms with E-state index >= 15 is 0 Å². The van der Waals surface area contributed by atoms with Crippen molar-refractivity contribution in [2.45, 2.75) is 32.1 Å². The smallest absolute Gasteiger partial charge is 0.334 e. The summed E-state index contributed by atoms with van der Waals surface area (Å²) in [5.41, 5.74) is 3.81. The van der Waals surface area contributed by atoms with E-state index in [9.17, 15) is 9.59 Å². The van der Waals surface area contributed by atoms with Crippen molar-refractivity contribution in [2.75, 3.05) is 13.2 Å². The normalized spacial score (nSPS) is 29.7. The van der Waals surface area contributed by atoms with Crippen molar-refractivity contribution in [1.29, 1.82) is 0 Å². The molecule has 0 spiro atoms. The summed E-state index contributed by atoms with van der Waals surface area (Å²) in [5.74, 6) is 0.211. The number of hydrogen-bond donors (Lipinski definition) is 0. The van der Waals surface area contributed by atoms with Crippen molar-refractivity contribution in [3.63, 3.8) is 0 Å². The van der Waals surface area contributed by atoms with Crippen LogP contribution in [0.25, 0.3) is 0 Å². The Kier molecular flexibility index (Phi) is 3.29. The minimum Gasteiger partial charge on any atom is -0.463 e. The van der Waals surface area contributed by atoms with Gasteiger partial charge in [0.2, 0.25) is 0 Å². The zero-order valence-corrected chi connectivity index (χ0v) is 13.4. The maximum Gasteiger partial charge on any atom is 0.334 e. The van der Waals surface area contributed by atoms with Crippen molar-refractivity contribution in [1.82, 2.24) is 0 Å². The summed E-state index contributed by atoms with van der Waals surface area (Å²) in [6, 6.07) is 8.41. The Balaban J connectivity index is 1.76. The quantitative estimate of drug-likeness (QED) is 0.802. The van der Waals surface area contributed by atoms with Gasteiger partial charge in [0.15, 0.2) is 0 Å². The summed E-state index contributed by atoms with van der Waals surface area (Å²) in [6.07, 6.45) is 1.01. The molecule has 3 aliphatic rings. The maximum atomic E-state index is 12.4. The lowest BCUT2D eigenvalue weighted by Gasteiger charge is -2.43. The summed E-state index contributed by atoms with van der Waals surface area (Å²) in [6.45, 7) is 4.21. The molecule has 0 aliphatic heterocycles. The molecule has 4 rings (SSSR count). The molecule has 0 N–H and O–H groups in total. The molecule has 2 bridgehead atoms. The molecule has 0 aromatic heterocycles. The van der Waals surface area contributed by atoms with Crippen LogP contribution in [0.2, 0.25) is 0 Å². The number of carbonyl (C=O) groups is 2. The first-order chi connectivity index (χ1) is 11.2. The van der Waals surface area contributed by atoms with Gasteiger partial charge < -0.3 is 9.47 Å². The van der Waals surface area contributed by atoms with E-state index in [-0.39, 0.29) is 23.8 Å². The van der Waals surface area contributed by atoms with Gasteiger partial charge in [-0.2, -0.15) is 0 Å². The van der Waals surface area contributed by atoms with E-state index in [1.807, 2.05) is 12.1 Å². The molecule has 1 aromatic rings. The van der Waals surface area contributed by atoms with Gasteiger partial charge in [-0.1, -0.05) is 24.3 Å². The Morgan fingerprint density at radius 1 is 0.913 bits per heavy atom. The van der Waals surface area contributed by atoms with Crippen LogP contribution < -0.4 is 0 Å². The lowest BCUT2D eigenvalue weighted by Crippen LogP contribution is -2.42. The first-order valence-corrected chi connectivity index (χ1v) is 8.36. The summed E-state index contributed by atoms with van der Waals surface area (Å²) in [5, 5.41) is 0. The average molecular weight is 312 g/mol. The molecule has 0 unspecified atom stereocenters. The van der Waals surface area contributed by atoms with Crippen LogP contribution in [0, 0.1) is 11.8 Å². The summed E-state index contributed by atoms with van der Waals surface area (Å²) in [4.78, 5) is 24.8. The average Bonchev–Trinajstić information content (AvgIpc) is 3.01. The summed E-state index contributed by atoms with van der Waals surface area (Å²) >= 11 is 0. The molecule has 4 nitrogen and oxygen atoms in total. The third kappa shape index (κ3) is 1.84. The van der Waals surface area contributed by atoms with Crippen LogP contribution in [0.5, 0.6) is 0 Å². The number of carbonyl (C=O) groups excluding carboxylic acids is 2. The van der Waals surface area contributed by atoms with Gasteiger partial charge in [-0.25, -0.2) is 9.59 Å². The Morgan fingerprint density at radius 3 is 1.74 bits per heavy atom. The van der Waals surface area contributed by atoms with Crippen LogP contribution in [-0.2, 0) is 19.1 Å². The molecule has 3 aliphatic carbocycles. The standard InChI is InChI=1S/C19H20O4/c1-3-22-18(20)16-14-12-9-13(11-8-6-5-7-10(11)12)15(14)17(16)19(21)23-4-2/h5-8,12-15H,3-4,9H2,1-2H3/t12-,13+,14-,15+. The number of rotatable bonds is 4. The van der Waals surface area contributed by atoms with Gasteiger partial charge in [0, 0.05) is 11.8 Å². The van der Waals surface area contributed by atoms with Gasteiger partial charge in [0.25, 0.3) is 0 Å². The van der Waals surface area contributed by atoms with Crippen LogP contribution >= 0.6 is 0 Å². The molecular weight excluding hydrogens is 292 g/mol. The highest BCUT2D eigenvalue weighted by Crippen LogP contribution is 2.68. The summed E-state index contributed by atoms with van der Waals surface area (Å²) in [7, 11) is 0. The fraction of sp³-hybridized carbons (Fsp3) is 0.474. The Bertz CT molecular complexity index is 659. The Labute approximate surface area is 135 Å². The largest absolute Gasteiger partial charge is 0.463 e. The number of esters is 2. The van der Waals surface area contributed by atoms with E-state index in [0.29, 0.717) is 36.2 Å². The van der Waals surface area contributed by atoms with Crippen LogP contribution in [-0.4, -0.2) is 25.2 Å². The van der Waals surface area contributed by atoms with Crippen molar-refractivity contribution in [3.05, 3.63) is 46.5 Å². The van der Waals surface area contributed by atoms with Crippen molar-refractivity contribution in [3.8, 4) is 0 Å². The molecule has 23 heavy (non-hydrogen) atoms. The molecule has 1 aromatic carbocycles. The second kappa shape index (κ2) is 5.22. The molecular formula is C19H20O4. The number of fused-ring (bicyclic) bond motifs is 8. The van der Waals surface area contributed by atoms with E-state index in [4.69, 9.17) is 9.47 Å². The number of benzene rings is 1. The second-order valence-electron chi connectivity index (χ2n) is 6.40. The van der Waals surface area contributed by atoms with Gasteiger partial charge >= 0.3 is 11.9 Å². The third-order valence-corrected chi connectivity index (χ3v) is 5.50. The first-order valence-electron chi connectivity index (χ1n) is 8.36. The van der Waals surface area contributed by atoms with E-state index in [1.165, 1.54) is 11.1 Å². The molecule has 0 saturated heterocycles. The SMILES string of the molecule is CCOC(=O)C1=C(C(=O)OCC)[C@H]2[C@@H]1[C@H]1C[C@@H]2c2ccccc21. The highest BCUT2D eigenvalue weighted by molar-refractivity contribution is 6.05. The van der Waals surface area contributed by atoms with Crippen molar-refractivity contribution >= 4 is 11.9 Å². The fourth-order valence-electron chi connectivity index (χ4n) is 4.83. The highest BCUT2D eigenvalue weighted by Gasteiger charge is 2.62. The van der Waals surface area contributed by atoms with E-state index in [2.05, 4.69) is 12.1 Å². The molecule has 4 heteroatoms. The zero-order valence-electron chi connectivity index (χ0n) is 13.4. The maximum absolute atomic E-state index is 12.4. The van der Waals surface area contributed by atoms with E-state index in [0.717, 1.165) is 6.42 Å². The Morgan fingerprint density at radius 2 is 1.35 bits per heavy atom. The monoisotopic (exact) mass is 312 g/mol. The molecule has 0 heterocycles. The number of ether oxygens (including phenoxy) is 2. The topological polar surface area (TPSA) is 52.6 Å². The molecule has 1 saturated carbocycles. The van der Waals surface area contributed by atoms with Gasteiger partial charge in [-0.3, -0.25) is 0 Å². The molecule has 0 amide bonds. The van der Waals surface area contributed by atoms with Crippen molar-refractivity contribution in [2.24, 2.45) is 11.8 Å². The molecule has 120 valence electrons. The third-order valence-electron chi connectivity index (χ3n) is 5.50. The zero-order chi connectivity index (χ0) is 16.1. The second-order valence-corrected chi connectivity index (χ2v) is 6.40. The predicted octanol–water partition coefficient (Wildman–Crippen LogP) is 2.94. The minimum absolute atomic E-state index is 0.119. The predicted molar refractivity (Wildman–Crippen MR) is 83.8 cm³/mol. The molecule has 0 radical (unpaired) electrons. The van der Waals surface area contributed by atoms with Gasteiger partial charge in [-0.05, 0) is 43.2 Å². The fourth-order valence-corrected chi connectivity index (χ4v) is 4.83. The lowest BCUT2D eigenvalue weighted by atomic mass is 9.60. The van der Waals surface area contributed by atoms with E-state index in [1.54, 1.807) is 13.8 Å². The van der Waals surface area contributed by atoms with Crippen LogP contribution in [0.1, 0.15) is 43.2 Å². The Hall–Kier alpha value is -2.10. The lowest BCUT2D eigenvalue weighted by molar-refractivity contribution is -0.145. The first kappa shape index (κ1) is 14.5. The number of hydrogen-bond acceptors (Lipinski definition) is 4. The van der Waals surface area contributed by atoms with Crippen LogP contribution in [0.4, 0.5) is 0 Å². The van der Waals surface area contributed by atoms with Crippen LogP contribution in [0.3, 0.4) is 0 Å². The van der Waals surface area contributed by atoms with Gasteiger partial charge in [0.05, 0.1) is 24.4 Å². The van der Waals surface area contributed by atoms with Gasteiger partial charge in [-0.15, -0.1) is 0 Å². The summed E-state index contributed by atoms with van der Waals surface area (Å²) < 4.78 is 10.4. The highest BCUT2D eigenvalue weighted by atomic mass is 16.5. The van der Waals surface area contributed by atoms with Gasteiger partial charge in [0.1, 0.15) is 0 Å². The van der Waals surface area contributed by atoms with E-state index < -0.39 is 0 Å². The van der Waals surface area contributed by atoms with Crippen molar-refractivity contribution < 1.29 is 19.1 Å². The molecule has 1 fully saturated rings. The van der Waals surface area contributed by atoms with Crippen LogP contribution in [0.15, 0.2) is 35.4 Å². The molecule has 4 atom stereocenters.